The molecule has 0 amide bonds. The van der Waals surface area contributed by atoms with E-state index >= 15 is 0 Å². The first-order valence-corrected chi connectivity index (χ1v) is 14.9. The van der Waals surface area contributed by atoms with Crippen molar-refractivity contribution in [1.29, 1.82) is 0 Å². The Kier molecular flexibility index (Phi) is 13.7. The summed E-state index contributed by atoms with van der Waals surface area (Å²) in [5.41, 5.74) is 3.00. The smallest absolute Gasteiger partial charge is 0.282 e. The molecule has 0 fully saturated rings. The van der Waals surface area contributed by atoms with Gasteiger partial charge in [-0.3, -0.25) is 4.55 Å². The first-order chi connectivity index (χ1) is 16.9. The quantitative estimate of drug-likeness (QED) is 0.179. The zero-order valence-corrected chi connectivity index (χ0v) is 22.5. The molecule has 192 valence electrons. The lowest BCUT2D eigenvalue weighted by Crippen LogP contribution is -1.98. The van der Waals surface area contributed by atoms with Crippen molar-refractivity contribution in [2.45, 2.75) is 102 Å². The van der Waals surface area contributed by atoms with Crippen molar-refractivity contribution >= 4 is 20.9 Å². The molecule has 3 aromatic carbocycles. The van der Waals surface area contributed by atoms with Crippen LogP contribution in [0.25, 0.3) is 10.8 Å². The van der Waals surface area contributed by atoms with Crippen molar-refractivity contribution in [3.05, 3.63) is 77.9 Å². The Morgan fingerprint density at radius 1 is 0.629 bits per heavy atom. The molecule has 0 aromatic heterocycles. The highest BCUT2D eigenvalue weighted by Gasteiger charge is 2.12. The van der Waals surface area contributed by atoms with Gasteiger partial charge in [0.25, 0.3) is 10.1 Å². The van der Waals surface area contributed by atoms with Crippen LogP contribution in [0, 0.1) is 6.92 Å². The fraction of sp³-hybridized carbons (Fsp3) is 0.484. The third-order valence-electron chi connectivity index (χ3n) is 6.59. The van der Waals surface area contributed by atoms with Crippen molar-refractivity contribution in [1.82, 2.24) is 0 Å². The van der Waals surface area contributed by atoms with E-state index in [9.17, 15) is 8.42 Å². The van der Waals surface area contributed by atoms with Gasteiger partial charge in [-0.1, -0.05) is 138 Å². The summed E-state index contributed by atoms with van der Waals surface area (Å²) >= 11 is 0. The van der Waals surface area contributed by atoms with Gasteiger partial charge >= 0.3 is 0 Å². The number of fused-ring (bicyclic) bond motifs is 1. The predicted molar refractivity (Wildman–Crippen MR) is 150 cm³/mol. The van der Waals surface area contributed by atoms with Gasteiger partial charge in [-0.25, -0.2) is 0 Å². The Bertz CT molecular complexity index is 1080. The molecule has 0 unspecified atom stereocenters. The van der Waals surface area contributed by atoms with Crippen LogP contribution in [-0.2, 0) is 16.5 Å². The van der Waals surface area contributed by atoms with Crippen molar-refractivity contribution in [2.24, 2.45) is 0 Å². The van der Waals surface area contributed by atoms with Crippen molar-refractivity contribution in [3.63, 3.8) is 0 Å². The van der Waals surface area contributed by atoms with Crippen LogP contribution in [0.5, 0.6) is 0 Å². The average molecular weight is 497 g/mol. The minimum Gasteiger partial charge on any atom is -0.282 e. The molecule has 0 aliphatic rings. The van der Waals surface area contributed by atoms with Gasteiger partial charge in [0.1, 0.15) is 4.90 Å². The summed E-state index contributed by atoms with van der Waals surface area (Å²) in [6, 6.07) is 20.6. The van der Waals surface area contributed by atoms with Crippen LogP contribution in [0.3, 0.4) is 0 Å². The topological polar surface area (TPSA) is 54.4 Å². The molecule has 0 heterocycles. The number of hydrogen-bond donors (Lipinski definition) is 1. The fourth-order valence-electron chi connectivity index (χ4n) is 4.47. The zero-order valence-electron chi connectivity index (χ0n) is 21.7. The monoisotopic (exact) mass is 496 g/mol. The number of hydrogen-bond acceptors (Lipinski definition) is 2. The van der Waals surface area contributed by atoms with Gasteiger partial charge in [-0.2, -0.15) is 8.42 Å². The highest BCUT2D eigenvalue weighted by Crippen LogP contribution is 2.22. The zero-order chi connectivity index (χ0) is 25.4. The van der Waals surface area contributed by atoms with Crippen LogP contribution >= 0.6 is 0 Å². The second kappa shape index (κ2) is 16.5. The highest BCUT2D eigenvalue weighted by molar-refractivity contribution is 7.86. The molecule has 0 bridgehead atoms. The van der Waals surface area contributed by atoms with E-state index in [1.54, 1.807) is 35.9 Å². The summed E-state index contributed by atoms with van der Waals surface area (Å²) in [6.45, 7) is 4.52. The molecule has 3 rings (SSSR count). The molecule has 4 heteroatoms. The van der Waals surface area contributed by atoms with E-state index in [0.717, 1.165) is 5.39 Å². The maximum Gasteiger partial charge on any atom is 0.295 e. The third-order valence-corrected chi connectivity index (χ3v) is 7.50. The summed E-state index contributed by atoms with van der Waals surface area (Å²) in [6.07, 6.45) is 18.5. The maximum atomic E-state index is 11.0. The molecular formula is C31H44O3S. The first kappa shape index (κ1) is 29.1. The minimum atomic E-state index is -4.13. The second-order valence-electron chi connectivity index (χ2n) is 9.52. The standard InChI is InChI=1S/C21H36.C10H8O3S/c1-3-4-5-6-7-8-9-10-11-12-13-14-18-21-19-16-15-17-20(21)2;11-14(12,13)10-7-3-5-8-4-1-2-6-9(8)10/h15-17,19H,3-14,18H2,1-2H3;1-7H,(H,11,12,13). The molecule has 0 spiro atoms. The summed E-state index contributed by atoms with van der Waals surface area (Å²) in [4.78, 5) is -0.0457. The van der Waals surface area contributed by atoms with Crippen molar-refractivity contribution < 1.29 is 13.0 Å². The Morgan fingerprint density at radius 3 is 1.74 bits per heavy atom. The molecular weight excluding hydrogens is 452 g/mol. The molecule has 0 saturated carbocycles. The molecule has 0 aliphatic carbocycles. The first-order valence-electron chi connectivity index (χ1n) is 13.4. The van der Waals surface area contributed by atoms with Gasteiger partial charge in [0, 0.05) is 5.39 Å². The minimum absolute atomic E-state index is 0.0457. The molecule has 3 aromatic rings. The number of rotatable bonds is 14. The van der Waals surface area contributed by atoms with Gasteiger partial charge < -0.3 is 0 Å². The molecule has 0 aliphatic heterocycles. The van der Waals surface area contributed by atoms with Gasteiger partial charge in [-0.05, 0) is 42.3 Å². The molecule has 1 N–H and O–H groups in total. The maximum absolute atomic E-state index is 11.0. The van der Waals surface area contributed by atoms with E-state index in [0.29, 0.717) is 5.39 Å². The van der Waals surface area contributed by atoms with Crippen molar-refractivity contribution in [2.75, 3.05) is 0 Å². The predicted octanol–water partition coefficient (Wildman–Crippen LogP) is 9.33. The van der Waals surface area contributed by atoms with Gasteiger partial charge in [0.05, 0.1) is 0 Å². The SMILES string of the molecule is CCCCCCCCCCCCCCc1ccccc1C.O=S(=O)(O)c1cccc2ccccc12. The van der Waals surface area contributed by atoms with E-state index in [2.05, 4.69) is 38.1 Å². The van der Waals surface area contributed by atoms with Gasteiger partial charge in [0.2, 0.25) is 0 Å². The Labute approximate surface area is 213 Å². The molecule has 0 saturated heterocycles. The van der Waals surface area contributed by atoms with Crippen LogP contribution < -0.4 is 0 Å². The Balaban J connectivity index is 0.000000266. The van der Waals surface area contributed by atoms with Crippen LogP contribution in [0.15, 0.2) is 71.6 Å². The number of aryl methyl sites for hydroxylation is 2. The van der Waals surface area contributed by atoms with E-state index in [4.69, 9.17) is 4.55 Å². The fourth-order valence-corrected chi connectivity index (χ4v) is 5.18. The normalized spacial score (nSPS) is 11.3. The molecule has 0 atom stereocenters. The van der Waals surface area contributed by atoms with E-state index in [1.807, 2.05) is 6.07 Å². The summed E-state index contributed by atoms with van der Waals surface area (Å²) in [5, 5.41) is 1.33. The average Bonchev–Trinajstić information content (AvgIpc) is 2.85. The van der Waals surface area contributed by atoms with E-state index in [-0.39, 0.29) is 4.90 Å². The summed E-state index contributed by atoms with van der Waals surface area (Å²) in [7, 11) is -4.13. The van der Waals surface area contributed by atoms with Crippen LogP contribution in [0.1, 0.15) is 95.1 Å². The van der Waals surface area contributed by atoms with Gasteiger partial charge in [-0.15, -0.1) is 0 Å². The molecule has 0 radical (unpaired) electrons. The van der Waals surface area contributed by atoms with Crippen LogP contribution in [0.4, 0.5) is 0 Å². The lowest BCUT2D eigenvalue weighted by Gasteiger charge is -2.05. The lowest BCUT2D eigenvalue weighted by atomic mass is 10.0. The number of benzene rings is 3. The Hall–Kier alpha value is -2.17. The largest absolute Gasteiger partial charge is 0.295 e. The van der Waals surface area contributed by atoms with Gasteiger partial charge in [0.15, 0.2) is 0 Å². The molecule has 3 nitrogen and oxygen atoms in total. The second-order valence-corrected chi connectivity index (χ2v) is 10.9. The van der Waals surface area contributed by atoms with Crippen LogP contribution in [0.2, 0.25) is 0 Å². The number of unbranched alkanes of at least 4 members (excludes halogenated alkanes) is 11. The lowest BCUT2D eigenvalue weighted by molar-refractivity contribution is 0.484. The summed E-state index contributed by atoms with van der Waals surface area (Å²) < 4.78 is 31.0. The van der Waals surface area contributed by atoms with Crippen molar-refractivity contribution in [3.8, 4) is 0 Å². The van der Waals surface area contributed by atoms with E-state index < -0.39 is 10.1 Å². The Morgan fingerprint density at radius 2 is 1.14 bits per heavy atom. The highest BCUT2D eigenvalue weighted by atomic mass is 32.2. The van der Waals surface area contributed by atoms with E-state index in [1.165, 1.54) is 95.1 Å². The third kappa shape index (κ3) is 11.4. The molecule has 35 heavy (non-hydrogen) atoms. The van der Waals surface area contributed by atoms with Crippen LogP contribution in [-0.4, -0.2) is 13.0 Å². The summed E-state index contributed by atoms with van der Waals surface area (Å²) in [5.74, 6) is 0.